The second kappa shape index (κ2) is 5.16. The van der Waals surface area contributed by atoms with Gasteiger partial charge in [-0.2, -0.15) is 13.2 Å². The lowest BCUT2D eigenvalue weighted by molar-refractivity contribution is -0.137. The van der Waals surface area contributed by atoms with E-state index in [1.165, 1.54) is 13.1 Å². The number of aromatic nitrogens is 1. The van der Waals surface area contributed by atoms with Crippen molar-refractivity contribution in [2.45, 2.75) is 13.1 Å². The third-order valence-corrected chi connectivity index (χ3v) is 2.87. The molecule has 0 saturated carbocycles. The number of aryl methyl sites for hydroxylation is 1. The van der Waals surface area contributed by atoms with E-state index >= 15 is 0 Å². The lowest BCUT2D eigenvalue weighted by atomic mass is 10.2. The Balaban J connectivity index is 2.30. The average Bonchev–Trinajstić information content (AvgIpc) is 2.77. The van der Waals surface area contributed by atoms with E-state index in [1.54, 1.807) is 0 Å². The molecule has 0 aliphatic rings. The maximum atomic E-state index is 12.6. The van der Waals surface area contributed by atoms with Crippen LogP contribution in [-0.2, 0) is 6.18 Å². The first kappa shape index (κ1) is 14.4. The third-order valence-electron chi connectivity index (χ3n) is 2.54. The summed E-state index contributed by atoms with van der Waals surface area (Å²) in [5.74, 6) is -0.393. The minimum absolute atomic E-state index is 0.000423. The van der Waals surface area contributed by atoms with Crippen LogP contribution in [0.25, 0.3) is 0 Å². The molecular weight excluding hydrogens is 297 g/mol. The number of benzene rings is 1. The summed E-state index contributed by atoms with van der Waals surface area (Å²) in [6.45, 7) is 1.51. The molecule has 106 valence electrons. The van der Waals surface area contributed by atoms with E-state index in [2.05, 4.69) is 10.5 Å². The quantitative estimate of drug-likeness (QED) is 0.915. The van der Waals surface area contributed by atoms with Crippen molar-refractivity contribution in [3.05, 3.63) is 46.3 Å². The van der Waals surface area contributed by atoms with Gasteiger partial charge in [0.25, 0.3) is 5.91 Å². The highest BCUT2D eigenvalue weighted by molar-refractivity contribution is 6.34. The first-order chi connectivity index (χ1) is 9.29. The van der Waals surface area contributed by atoms with Gasteiger partial charge in [0.05, 0.1) is 22.5 Å². The molecule has 0 saturated heterocycles. The number of nitrogens with zero attached hydrogens (tertiary/aromatic N) is 1. The van der Waals surface area contributed by atoms with Gasteiger partial charge in [-0.3, -0.25) is 4.79 Å². The molecule has 0 radical (unpaired) electrons. The highest BCUT2D eigenvalue weighted by Gasteiger charge is 2.31. The van der Waals surface area contributed by atoms with E-state index in [-0.39, 0.29) is 22.0 Å². The molecule has 2 rings (SSSR count). The lowest BCUT2D eigenvalue weighted by Crippen LogP contribution is -2.14. The van der Waals surface area contributed by atoms with Gasteiger partial charge < -0.3 is 9.84 Å². The van der Waals surface area contributed by atoms with Crippen LogP contribution in [0.1, 0.15) is 21.7 Å². The summed E-state index contributed by atoms with van der Waals surface area (Å²) >= 11 is 5.77. The second-order valence-electron chi connectivity index (χ2n) is 3.94. The van der Waals surface area contributed by atoms with E-state index in [1.807, 2.05) is 0 Å². The van der Waals surface area contributed by atoms with Crippen molar-refractivity contribution in [1.29, 1.82) is 0 Å². The van der Waals surface area contributed by atoms with Crippen LogP contribution < -0.4 is 5.32 Å². The lowest BCUT2D eigenvalue weighted by Gasteiger charge is -2.11. The number of halogens is 4. The number of rotatable bonds is 2. The van der Waals surface area contributed by atoms with E-state index in [0.29, 0.717) is 0 Å². The maximum absolute atomic E-state index is 12.6. The van der Waals surface area contributed by atoms with Gasteiger partial charge in [0.2, 0.25) is 0 Å². The van der Waals surface area contributed by atoms with Crippen LogP contribution in [0.4, 0.5) is 18.9 Å². The topological polar surface area (TPSA) is 55.1 Å². The molecule has 1 aromatic carbocycles. The Morgan fingerprint density at radius 3 is 2.65 bits per heavy atom. The van der Waals surface area contributed by atoms with Gasteiger partial charge in [0.1, 0.15) is 11.3 Å². The molecule has 4 nitrogen and oxygen atoms in total. The van der Waals surface area contributed by atoms with Crippen LogP contribution in [0.2, 0.25) is 5.02 Å². The highest BCUT2D eigenvalue weighted by Crippen LogP contribution is 2.34. The van der Waals surface area contributed by atoms with Gasteiger partial charge in [-0.15, -0.1) is 0 Å². The number of carbonyl (C=O) groups is 1. The molecule has 20 heavy (non-hydrogen) atoms. The fourth-order valence-corrected chi connectivity index (χ4v) is 1.67. The summed E-state index contributed by atoms with van der Waals surface area (Å²) in [6, 6.07) is 2.67. The number of hydrogen-bond acceptors (Lipinski definition) is 3. The van der Waals surface area contributed by atoms with Gasteiger partial charge in [-0.05, 0) is 25.1 Å². The second-order valence-corrected chi connectivity index (χ2v) is 4.35. The molecule has 0 atom stereocenters. The molecule has 1 aromatic heterocycles. The fraction of sp³-hybridized carbons (Fsp3) is 0.167. The van der Waals surface area contributed by atoms with Crippen molar-refractivity contribution in [2.24, 2.45) is 0 Å². The largest absolute Gasteiger partial charge is 0.416 e. The molecule has 1 amide bonds. The Morgan fingerprint density at radius 2 is 2.10 bits per heavy atom. The monoisotopic (exact) mass is 304 g/mol. The van der Waals surface area contributed by atoms with Gasteiger partial charge in [-0.25, -0.2) is 0 Å². The summed E-state index contributed by atoms with van der Waals surface area (Å²) in [5, 5.41) is 5.71. The zero-order valence-electron chi connectivity index (χ0n) is 10.1. The zero-order valence-corrected chi connectivity index (χ0v) is 10.8. The highest BCUT2D eigenvalue weighted by atomic mass is 35.5. The summed E-state index contributed by atoms with van der Waals surface area (Å²) < 4.78 is 42.5. The summed E-state index contributed by atoms with van der Waals surface area (Å²) in [7, 11) is 0. The molecule has 0 aliphatic carbocycles. The van der Waals surface area contributed by atoms with Crippen molar-refractivity contribution in [3.63, 3.8) is 0 Å². The molecule has 1 heterocycles. The van der Waals surface area contributed by atoms with Gasteiger partial charge >= 0.3 is 6.18 Å². The third kappa shape index (κ3) is 2.93. The minimum atomic E-state index is -4.52. The fourth-order valence-electron chi connectivity index (χ4n) is 1.50. The minimum Gasteiger partial charge on any atom is -0.361 e. The van der Waals surface area contributed by atoms with Gasteiger partial charge in [0, 0.05) is 0 Å². The number of carbonyl (C=O) groups excluding carboxylic acids is 1. The molecule has 1 N–H and O–H groups in total. The Hall–Kier alpha value is -2.02. The van der Waals surface area contributed by atoms with E-state index in [9.17, 15) is 18.0 Å². The molecule has 2 aromatic rings. The molecule has 8 heteroatoms. The van der Waals surface area contributed by atoms with Crippen LogP contribution in [0.5, 0.6) is 0 Å². The summed E-state index contributed by atoms with van der Waals surface area (Å²) in [6.07, 6.45) is -3.34. The standard InChI is InChI=1S/C12H8ClF3N2O2/c1-6-8(5-17-20-6)11(19)18-10-4-7(12(14,15)16)2-3-9(10)13/h2-5H,1H3,(H,18,19). The Morgan fingerprint density at radius 1 is 1.40 bits per heavy atom. The summed E-state index contributed by atoms with van der Waals surface area (Å²) in [4.78, 5) is 11.9. The van der Waals surface area contributed by atoms with Gasteiger partial charge in [-0.1, -0.05) is 16.8 Å². The molecule has 0 unspecified atom stereocenters. The number of alkyl halides is 3. The summed E-state index contributed by atoms with van der Waals surface area (Å²) in [5.41, 5.74) is -0.912. The van der Waals surface area contributed by atoms with E-state index in [4.69, 9.17) is 16.1 Å². The molecule has 0 spiro atoms. The normalized spacial score (nSPS) is 11.4. The molecule has 0 aliphatic heterocycles. The SMILES string of the molecule is Cc1oncc1C(=O)Nc1cc(C(F)(F)F)ccc1Cl. The number of amides is 1. The smallest absolute Gasteiger partial charge is 0.361 e. The van der Waals surface area contributed by atoms with Crippen molar-refractivity contribution in [2.75, 3.05) is 5.32 Å². The van der Waals surface area contributed by atoms with Crippen LogP contribution >= 0.6 is 11.6 Å². The number of nitrogens with one attached hydrogen (secondary N) is 1. The van der Waals surface area contributed by atoms with Crippen LogP contribution in [0, 0.1) is 6.92 Å². The van der Waals surface area contributed by atoms with Crippen molar-refractivity contribution < 1.29 is 22.5 Å². The first-order valence-electron chi connectivity index (χ1n) is 5.38. The number of anilines is 1. The van der Waals surface area contributed by atoms with Crippen molar-refractivity contribution >= 4 is 23.2 Å². The van der Waals surface area contributed by atoms with Crippen LogP contribution in [0.15, 0.2) is 28.9 Å². The molecular formula is C12H8ClF3N2O2. The molecule has 0 fully saturated rings. The number of hydrogen-bond donors (Lipinski definition) is 1. The predicted molar refractivity (Wildman–Crippen MR) is 65.6 cm³/mol. The van der Waals surface area contributed by atoms with Crippen molar-refractivity contribution in [3.8, 4) is 0 Å². The average molecular weight is 305 g/mol. The molecule has 0 bridgehead atoms. The van der Waals surface area contributed by atoms with E-state index in [0.717, 1.165) is 18.2 Å². The first-order valence-corrected chi connectivity index (χ1v) is 5.76. The Bertz CT molecular complexity index is 652. The van der Waals surface area contributed by atoms with Crippen LogP contribution in [-0.4, -0.2) is 11.1 Å². The Labute approximate surface area is 116 Å². The van der Waals surface area contributed by atoms with E-state index < -0.39 is 17.6 Å². The zero-order chi connectivity index (χ0) is 14.9. The van der Waals surface area contributed by atoms with Gasteiger partial charge in [0.15, 0.2) is 0 Å². The predicted octanol–water partition coefficient (Wildman–Crippen LogP) is 3.91. The van der Waals surface area contributed by atoms with Crippen LogP contribution in [0.3, 0.4) is 0 Å². The maximum Gasteiger partial charge on any atom is 0.416 e. The van der Waals surface area contributed by atoms with Crippen molar-refractivity contribution in [1.82, 2.24) is 5.16 Å². The Kier molecular flexibility index (Phi) is 3.71.